The maximum Gasteiger partial charge on any atom is 0.408 e. The largest absolute Gasteiger partial charge is 0.444 e. The second kappa shape index (κ2) is 5.69. The molecule has 0 atom stereocenters. The van der Waals surface area contributed by atoms with Crippen LogP contribution in [0.4, 0.5) is 4.79 Å². The first-order valence-corrected chi connectivity index (χ1v) is 9.48. The van der Waals surface area contributed by atoms with Crippen LogP contribution in [0.15, 0.2) is 18.5 Å². The summed E-state index contributed by atoms with van der Waals surface area (Å²) in [7, 11) is 0. The van der Waals surface area contributed by atoms with Gasteiger partial charge in [-0.15, -0.1) is 0 Å². The van der Waals surface area contributed by atoms with Crippen molar-refractivity contribution in [2.75, 3.05) is 0 Å². The highest BCUT2D eigenvalue weighted by Crippen LogP contribution is 2.57. The van der Waals surface area contributed by atoms with E-state index in [1.54, 1.807) is 0 Å². The van der Waals surface area contributed by atoms with Crippen molar-refractivity contribution in [2.45, 2.75) is 77.5 Å². The number of aryl methyl sites for hydroxylation is 1. The summed E-state index contributed by atoms with van der Waals surface area (Å²) in [6.45, 7) is 8.64. The zero-order valence-electron chi connectivity index (χ0n) is 16.1. The molecular formula is C20H28N4O2. The van der Waals surface area contributed by atoms with E-state index in [-0.39, 0.29) is 17.0 Å². The Balaban J connectivity index is 1.50. The molecule has 140 valence electrons. The number of alkyl carbamates (subject to hydrolysis) is 1. The zero-order valence-corrected chi connectivity index (χ0v) is 16.1. The highest BCUT2D eigenvalue weighted by atomic mass is 16.6. The molecule has 2 aromatic heterocycles. The van der Waals surface area contributed by atoms with E-state index in [1.165, 1.54) is 0 Å². The number of nitrogens with zero attached hydrogens (tertiary/aromatic N) is 3. The summed E-state index contributed by atoms with van der Waals surface area (Å²) in [5, 5.41) is 9.08. The van der Waals surface area contributed by atoms with Crippen LogP contribution in [0, 0.1) is 12.3 Å². The molecule has 0 radical (unpaired) electrons. The van der Waals surface area contributed by atoms with Gasteiger partial charge in [-0.3, -0.25) is 9.67 Å². The summed E-state index contributed by atoms with van der Waals surface area (Å²) in [5.41, 5.74) is 1.81. The molecule has 0 saturated heterocycles. The van der Waals surface area contributed by atoms with Gasteiger partial charge in [0.05, 0.1) is 11.2 Å². The van der Waals surface area contributed by atoms with Crippen LogP contribution in [-0.4, -0.2) is 32.0 Å². The summed E-state index contributed by atoms with van der Waals surface area (Å²) >= 11 is 0. The maximum atomic E-state index is 12.3. The monoisotopic (exact) mass is 356 g/mol. The van der Waals surface area contributed by atoms with E-state index in [2.05, 4.69) is 15.0 Å². The molecule has 0 spiro atoms. The first kappa shape index (κ1) is 17.3. The summed E-state index contributed by atoms with van der Waals surface area (Å²) < 4.78 is 7.62. The molecule has 2 aliphatic carbocycles. The Bertz CT molecular complexity index is 841. The summed E-state index contributed by atoms with van der Waals surface area (Å²) in [6, 6.07) is 2.04. The molecule has 6 heteroatoms. The lowest BCUT2D eigenvalue weighted by molar-refractivity contribution is 0.0458. The van der Waals surface area contributed by atoms with E-state index >= 15 is 0 Å². The van der Waals surface area contributed by atoms with Crippen molar-refractivity contribution >= 4 is 17.0 Å². The van der Waals surface area contributed by atoms with Crippen LogP contribution < -0.4 is 5.32 Å². The number of ether oxygens (including phenoxy) is 1. The Morgan fingerprint density at radius 1 is 1.31 bits per heavy atom. The van der Waals surface area contributed by atoms with Crippen molar-refractivity contribution in [2.24, 2.45) is 5.41 Å². The fourth-order valence-electron chi connectivity index (χ4n) is 4.85. The summed E-state index contributed by atoms with van der Waals surface area (Å²) in [5.74, 6) is 0. The number of hydrogen-bond donors (Lipinski definition) is 1. The first-order valence-electron chi connectivity index (χ1n) is 9.48. The SMILES string of the molecule is Cc1nn(CC23CCC(NC(=O)OC(C)(C)C)(CC2)C3)c2ccncc12. The third kappa shape index (κ3) is 3.06. The molecular weight excluding hydrogens is 328 g/mol. The minimum atomic E-state index is -0.464. The molecule has 1 N–H and O–H groups in total. The normalized spacial score (nSPS) is 27.8. The van der Waals surface area contributed by atoms with Gasteiger partial charge >= 0.3 is 6.09 Å². The Morgan fingerprint density at radius 2 is 2.04 bits per heavy atom. The van der Waals surface area contributed by atoms with Gasteiger partial charge < -0.3 is 10.1 Å². The van der Waals surface area contributed by atoms with Gasteiger partial charge in [0.1, 0.15) is 5.60 Å². The number of pyridine rings is 1. The van der Waals surface area contributed by atoms with Crippen molar-refractivity contribution in [3.63, 3.8) is 0 Å². The third-order valence-corrected chi connectivity index (χ3v) is 5.97. The molecule has 0 aromatic carbocycles. The number of fused-ring (bicyclic) bond motifs is 3. The number of carbonyl (C=O) groups is 1. The standard InChI is InChI=1S/C20H28N4O2/c1-14-15-11-21-10-5-16(15)24(23-14)13-19-6-8-20(12-19,9-7-19)22-17(25)26-18(2,3)4/h5,10-11H,6-9,12-13H2,1-4H3,(H,22,25). The molecule has 2 bridgehead atoms. The molecule has 2 heterocycles. The average molecular weight is 356 g/mol. The lowest BCUT2D eigenvalue weighted by Crippen LogP contribution is -2.47. The fourth-order valence-corrected chi connectivity index (χ4v) is 4.85. The first-order chi connectivity index (χ1) is 12.2. The lowest BCUT2D eigenvalue weighted by Gasteiger charge is -2.30. The van der Waals surface area contributed by atoms with E-state index in [4.69, 9.17) is 9.84 Å². The van der Waals surface area contributed by atoms with Gasteiger partial charge in [0, 0.05) is 29.9 Å². The Morgan fingerprint density at radius 3 is 2.73 bits per heavy atom. The van der Waals surface area contributed by atoms with Crippen molar-refractivity contribution in [3.8, 4) is 0 Å². The Kier molecular flexibility index (Phi) is 3.79. The topological polar surface area (TPSA) is 69.0 Å². The molecule has 0 aliphatic heterocycles. The average Bonchev–Trinajstić information content (AvgIpc) is 3.16. The third-order valence-electron chi connectivity index (χ3n) is 5.97. The summed E-state index contributed by atoms with van der Waals surface area (Å²) in [4.78, 5) is 16.5. The molecule has 2 saturated carbocycles. The van der Waals surface area contributed by atoms with Gasteiger partial charge in [-0.2, -0.15) is 5.10 Å². The van der Waals surface area contributed by atoms with Gasteiger partial charge in [0.15, 0.2) is 0 Å². The van der Waals surface area contributed by atoms with Crippen LogP contribution in [0.25, 0.3) is 10.9 Å². The quantitative estimate of drug-likeness (QED) is 0.903. The van der Waals surface area contributed by atoms with E-state index in [0.29, 0.717) is 0 Å². The van der Waals surface area contributed by atoms with Gasteiger partial charge in [0.2, 0.25) is 0 Å². The number of nitrogens with one attached hydrogen (secondary N) is 1. The predicted molar refractivity (Wildman–Crippen MR) is 99.9 cm³/mol. The fraction of sp³-hybridized carbons (Fsp3) is 0.650. The number of aromatic nitrogens is 3. The van der Waals surface area contributed by atoms with Gasteiger partial charge in [-0.05, 0) is 71.3 Å². The number of hydrogen-bond acceptors (Lipinski definition) is 4. The van der Waals surface area contributed by atoms with Crippen LogP contribution in [0.1, 0.15) is 58.6 Å². The van der Waals surface area contributed by atoms with Gasteiger partial charge in [0.25, 0.3) is 0 Å². The Labute approximate surface area is 154 Å². The maximum absolute atomic E-state index is 12.3. The van der Waals surface area contributed by atoms with Crippen LogP contribution in [-0.2, 0) is 11.3 Å². The molecule has 6 nitrogen and oxygen atoms in total. The van der Waals surface area contributed by atoms with Crippen LogP contribution in [0.5, 0.6) is 0 Å². The minimum Gasteiger partial charge on any atom is -0.444 e. The highest BCUT2D eigenvalue weighted by molar-refractivity contribution is 5.80. The van der Waals surface area contributed by atoms with Crippen LogP contribution in [0.3, 0.4) is 0 Å². The van der Waals surface area contributed by atoms with Crippen LogP contribution >= 0.6 is 0 Å². The smallest absolute Gasteiger partial charge is 0.408 e. The van der Waals surface area contributed by atoms with E-state index in [1.807, 2.05) is 46.2 Å². The van der Waals surface area contributed by atoms with Gasteiger partial charge in [-0.1, -0.05) is 0 Å². The summed E-state index contributed by atoms with van der Waals surface area (Å²) in [6.07, 6.45) is 8.71. The van der Waals surface area contributed by atoms with Crippen molar-refractivity contribution in [1.29, 1.82) is 0 Å². The second-order valence-corrected chi connectivity index (χ2v) is 9.22. The molecule has 2 aliphatic rings. The van der Waals surface area contributed by atoms with E-state index in [9.17, 15) is 4.79 Å². The Hall–Kier alpha value is -2.11. The molecule has 0 unspecified atom stereocenters. The molecule has 26 heavy (non-hydrogen) atoms. The van der Waals surface area contributed by atoms with Crippen LogP contribution in [0.2, 0.25) is 0 Å². The van der Waals surface area contributed by atoms with Gasteiger partial charge in [-0.25, -0.2) is 4.79 Å². The minimum absolute atomic E-state index is 0.109. The molecule has 2 fully saturated rings. The molecule has 4 rings (SSSR count). The molecule has 1 amide bonds. The van der Waals surface area contributed by atoms with Crippen molar-refractivity contribution in [1.82, 2.24) is 20.1 Å². The second-order valence-electron chi connectivity index (χ2n) is 9.22. The number of rotatable bonds is 3. The molecule has 2 aromatic rings. The van der Waals surface area contributed by atoms with E-state index < -0.39 is 5.60 Å². The van der Waals surface area contributed by atoms with Crippen molar-refractivity contribution < 1.29 is 9.53 Å². The predicted octanol–water partition coefficient (Wildman–Crippen LogP) is 3.97. The number of amides is 1. The van der Waals surface area contributed by atoms with E-state index in [0.717, 1.165) is 55.2 Å². The lowest BCUT2D eigenvalue weighted by atomic mass is 9.84. The zero-order chi connectivity index (χ0) is 18.6. The highest BCUT2D eigenvalue weighted by Gasteiger charge is 2.55. The van der Waals surface area contributed by atoms with Crippen molar-refractivity contribution in [3.05, 3.63) is 24.2 Å². The number of carbonyl (C=O) groups excluding carboxylic acids is 1.